The van der Waals surface area contributed by atoms with Crippen LogP contribution in [0.5, 0.6) is 5.75 Å². The number of rotatable bonds is 7. The number of nitriles is 1. The van der Waals surface area contributed by atoms with Crippen molar-refractivity contribution in [3.63, 3.8) is 0 Å². The van der Waals surface area contributed by atoms with Gasteiger partial charge in [0.05, 0.1) is 23.0 Å². The third kappa shape index (κ3) is 6.70. The molecule has 0 aromatic heterocycles. The monoisotopic (exact) mass is 671 g/mol. The second kappa shape index (κ2) is 11.7. The van der Waals surface area contributed by atoms with Gasteiger partial charge in [0, 0.05) is 17.8 Å². The van der Waals surface area contributed by atoms with Gasteiger partial charge in [0.2, 0.25) is 0 Å². The lowest BCUT2D eigenvalue weighted by molar-refractivity contribution is -0.384. The highest BCUT2D eigenvalue weighted by atomic mass is 127. The van der Waals surface area contributed by atoms with E-state index in [9.17, 15) is 20.2 Å². The van der Waals surface area contributed by atoms with E-state index in [0.29, 0.717) is 35.6 Å². The number of nitro groups is 1. The van der Waals surface area contributed by atoms with Crippen LogP contribution >= 0.6 is 61.7 Å². The van der Waals surface area contributed by atoms with Gasteiger partial charge in [-0.2, -0.15) is 5.26 Å². The van der Waals surface area contributed by atoms with Gasteiger partial charge in [-0.05, 0) is 86.1 Å². The Morgan fingerprint density at radius 1 is 1.21 bits per heavy atom. The van der Waals surface area contributed by atoms with Gasteiger partial charge in [0.1, 0.15) is 24.0 Å². The summed E-state index contributed by atoms with van der Waals surface area (Å²) in [6.07, 6.45) is 1.45. The normalized spacial score (nSPS) is 11.0. The van der Waals surface area contributed by atoms with E-state index in [-0.39, 0.29) is 22.9 Å². The second-order valence-electron chi connectivity index (χ2n) is 6.78. The quantitative estimate of drug-likeness (QED) is 0.0927. The van der Waals surface area contributed by atoms with Gasteiger partial charge >= 0.3 is 0 Å². The first-order chi connectivity index (χ1) is 16.2. The number of nitrogens with zero attached hydrogens (tertiary/aromatic N) is 2. The van der Waals surface area contributed by atoms with Gasteiger partial charge in [-0.1, -0.05) is 35.3 Å². The van der Waals surface area contributed by atoms with Crippen molar-refractivity contribution in [3.8, 4) is 11.8 Å². The van der Waals surface area contributed by atoms with Gasteiger partial charge < -0.3 is 10.1 Å². The second-order valence-corrected chi connectivity index (χ2v) is 9.61. The smallest absolute Gasteiger partial charge is 0.269 e. The number of benzene rings is 3. The molecule has 0 heterocycles. The zero-order valence-electron chi connectivity index (χ0n) is 17.0. The van der Waals surface area contributed by atoms with Gasteiger partial charge in [-0.3, -0.25) is 14.9 Å². The first-order valence-electron chi connectivity index (χ1n) is 9.41. The van der Waals surface area contributed by atoms with E-state index in [1.165, 1.54) is 24.3 Å². The number of non-ortho nitro benzene ring substituents is 1. The van der Waals surface area contributed by atoms with Crippen molar-refractivity contribution in [2.24, 2.45) is 0 Å². The first-order valence-corrected chi connectivity index (χ1v) is 12.0. The van der Waals surface area contributed by atoms with E-state index in [1.54, 1.807) is 36.4 Å². The number of ether oxygens (including phenoxy) is 1. The van der Waals surface area contributed by atoms with E-state index >= 15 is 0 Å². The molecular formula is C23H13BrCl2IN3O4. The number of halogens is 4. The zero-order valence-corrected chi connectivity index (χ0v) is 22.3. The lowest BCUT2D eigenvalue weighted by Gasteiger charge is -2.12. The summed E-state index contributed by atoms with van der Waals surface area (Å²) in [5.74, 6) is -0.0685. The Kier molecular flexibility index (Phi) is 8.90. The summed E-state index contributed by atoms with van der Waals surface area (Å²) in [7, 11) is 0. The van der Waals surface area contributed by atoms with Crippen molar-refractivity contribution in [2.45, 2.75) is 6.61 Å². The predicted octanol–water partition coefficient (Wildman–Crippen LogP) is 7.39. The van der Waals surface area contributed by atoms with Crippen molar-refractivity contribution < 1.29 is 14.5 Å². The van der Waals surface area contributed by atoms with Crippen LogP contribution in [0.25, 0.3) is 6.08 Å². The minimum absolute atomic E-state index is 0.0153. The maximum absolute atomic E-state index is 12.6. The summed E-state index contributed by atoms with van der Waals surface area (Å²) in [5.41, 5.74) is 1.52. The Bertz CT molecular complexity index is 1340. The molecule has 7 nitrogen and oxygen atoms in total. The summed E-state index contributed by atoms with van der Waals surface area (Å²) in [6.45, 7) is 0.126. The fraction of sp³-hybridized carbons (Fsp3) is 0.0435. The molecule has 0 saturated carbocycles. The van der Waals surface area contributed by atoms with E-state index in [2.05, 4.69) is 43.8 Å². The average molecular weight is 673 g/mol. The first kappa shape index (κ1) is 26.0. The fourth-order valence-electron chi connectivity index (χ4n) is 2.80. The molecule has 0 atom stereocenters. The van der Waals surface area contributed by atoms with E-state index in [0.717, 1.165) is 0 Å². The van der Waals surface area contributed by atoms with Crippen LogP contribution in [0.4, 0.5) is 11.4 Å². The molecule has 34 heavy (non-hydrogen) atoms. The molecule has 0 saturated heterocycles. The molecule has 3 aromatic rings. The number of nitrogens with one attached hydrogen (secondary N) is 1. The van der Waals surface area contributed by atoms with Crippen LogP contribution in [0.3, 0.4) is 0 Å². The standard InChI is InChI=1S/C23H13BrCl2IN3O4/c24-18-8-14(6-15(11-28)23(31)29-16-4-5-19(25)20(26)10-16)9-21(27)22(18)34-12-13-2-1-3-17(7-13)30(32)33/h1-10H,12H2,(H,29,31)/b15-6+. The molecule has 11 heteroatoms. The molecule has 0 fully saturated rings. The number of carbonyl (C=O) groups excluding carboxylic acids is 1. The molecule has 3 aromatic carbocycles. The fourth-order valence-corrected chi connectivity index (χ4v) is 4.87. The molecule has 1 N–H and O–H groups in total. The van der Waals surface area contributed by atoms with E-state index in [4.69, 9.17) is 27.9 Å². The Hall–Kier alpha value is -2.65. The van der Waals surface area contributed by atoms with Crippen LogP contribution < -0.4 is 10.1 Å². The largest absolute Gasteiger partial charge is 0.487 e. The highest BCUT2D eigenvalue weighted by Crippen LogP contribution is 2.33. The molecule has 0 unspecified atom stereocenters. The van der Waals surface area contributed by atoms with Gasteiger partial charge in [0.25, 0.3) is 11.6 Å². The third-order valence-corrected chi connectivity index (χ3v) is 6.51. The van der Waals surface area contributed by atoms with Gasteiger partial charge in [0.15, 0.2) is 0 Å². The molecule has 0 radical (unpaired) electrons. The lowest BCUT2D eigenvalue weighted by atomic mass is 10.1. The highest BCUT2D eigenvalue weighted by molar-refractivity contribution is 14.1. The van der Waals surface area contributed by atoms with Crippen LogP contribution in [-0.2, 0) is 11.4 Å². The summed E-state index contributed by atoms with van der Waals surface area (Å²) < 4.78 is 7.17. The number of nitro benzene ring substituents is 1. The molecule has 0 aliphatic heterocycles. The van der Waals surface area contributed by atoms with Crippen molar-refractivity contribution in [3.05, 3.63) is 99.5 Å². The average Bonchev–Trinajstić information content (AvgIpc) is 2.79. The molecular weight excluding hydrogens is 660 g/mol. The predicted molar refractivity (Wildman–Crippen MR) is 143 cm³/mol. The van der Waals surface area contributed by atoms with Crippen LogP contribution in [0.1, 0.15) is 11.1 Å². The topological polar surface area (TPSA) is 105 Å². The summed E-state index contributed by atoms with van der Waals surface area (Å²) >= 11 is 17.4. The number of anilines is 1. The van der Waals surface area contributed by atoms with Crippen molar-refractivity contribution in [2.75, 3.05) is 5.32 Å². The van der Waals surface area contributed by atoms with Crippen molar-refractivity contribution in [1.29, 1.82) is 5.26 Å². The van der Waals surface area contributed by atoms with E-state index in [1.807, 2.05) is 6.07 Å². The number of amides is 1. The minimum Gasteiger partial charge on any atom is -0.487 e. The molecule has 0 bridgehead atoms. The Morgan fingerprint density at radius 3 is 2.62 bits per heavy atom. The third-order valence-electron chi connectivity index (χ3n) is 4.38. The lowest BCUT2D eigenvalue weighted by Crippen LogP contribution is -2.13. The maximum atomic E-state index is 12.6. The minimum atomic E-state index is -0.599. The Balaban J connectivity index is 1.77. The zero-order chi connectivity index (χ0) is 24.8. The van der Waals surface area contributed by atoms with Crippen LogP contribution in [-0.4, -0.2) is 10.8 Å². The van der Waals surface area contributed by atoms with Crippen LogP contribution in [0, 0.1) is 25.0 Å². The summed E-state index contributed by atoms with van der Waals surface area (Å²) in [5, 5.41) is 23.7. The summed E-state index contributed by atoms with van der Waals surface area (Å²) in [6, 6.07) is 16.1. The number of hydrogen-bond acceptors (Lipinski definition) is 5. The summed E-state index contributed by atoms with van der Waals surface area (Å²) in [4.78, 5) is 23.0. The van der Waals surface area contributed by atoms with Gasteiger partial charge in [-0.25, -0.2) is 0 Å². The Morgan fingerprint density at radius 2 is 1.97 bits per heavy atom. The number of hydrogen-bond donors (Lipinski definition) is 1. The molecule has 172 valence electrons. The van der Waals surface area contributed by atoms with Crippen molar-refractivity contribution >= 4 is 85.1 Å². The van der Waals surface area contributed by atoms with Crippen LogP contribution in [0.15, 0.2) is 64.6 Å². The van der Waals surface area contributed by atoms with Crippen molar-refractivity contribution in [1.82, 2.24) is 0 Å². The van der Waals surface area contributed by atoms with E-state index < -0.39 is 10.8 Å². The number of carbonyl (C=O) groups is 1. The molecule has 1 amide bonds. The Labute approximate surface area is 226 Å². The van der Waals surface area contributed by atoms with Gasteiger partial charge in [-0.15, -0.1) is 0 Å². The molecule has 0 aliphatic rings. The molecule has 0 spiro atoms. The van der Waals surface area contributed by atoms with Crippen LogP contribution in [0.2, 0.25) is 10.0 Å². The molecule has 0 aliphatic carbocycles. The maximum Gasteiger partial charge on any atom is 0.269 e. The SMILES string of the molecule is N#C/C(=C\c1cc(Br)c(OCc2cccc([N+](=O)[O-])c2)c(I)c1)C(=O)Nc1ccc(Cl)c(Cl)c1. The molecule has 3 rings (SSSR count). The highest BCUT2D eigenvalue weighted by Gasteiger charge is 2.14.